The Balaban J connectivity index is 2.10. The van der Waals surface area contributed by atoms with E-state index in [1.165, 1.54) is 19.2 Å². The van der Waals surface area contributed by atoms with Crippen molar-refractivity contribution in [2.75, 3.05) is 19.0 Å². The molecule has 29 heavy (non-hydrogen) atoms. The molecule has 0 saturated heterocycles. The number of aromatic nitrogens is 1. The van der Waals surface area contributed by atoms with Crippen LogP contribution in [0, 0.1) is 17.0 Å². The second-order valence-electron chi connectivity index (χ2n) is 5.87. The summed E-state index contributed by atoms with van der Waals surface area (Å²) in [6.45, 7) is 2.65. The second-order valence-corrected chi connectivity index (χ2v) is 6.30. The van der Waals surface area contributed by atoms with Crippen molar-refractivity contribution in [1.82, 2.24) is 4.98 Å². The molecular formula is C18H18ClN3O7. The molecule has 0 radical (unpaired) electrons. The predicted molar refractivity (Wildman–Crippen MR) is 103 cm³/mol. The summed E-state index contributed by atoms with van der Waals surface area (Å²) in [5, 5.41) is 13.5. The molecular weight excluding hydrogens is 406 g/mol. The van der Waals surface area contributed by atoms with E-state index in [2.05, 4.69) is 10.3 Å². The van der Waals surface area contributed by atoms with Gasteiger partial charge < -0.3 is 19.8 Å². The molecule has 0 aliphatic heterocycles. The molecule has 0 aliphatic carbocycles. The van der Waals surface area contributed by atoms with Crippen LogP contribution in [-0.2, 0) is 20.7 Å². The van der Waals surface area contributed by atoms with Crippen LogP contribution in [0.3, 0.4) is 0 Å². The number of rotatable bonds is 7. The number of H-pyrrole nitrogens is 1. The summed E-state index contributed by atoms with van der Waals surface area (Å²) in [5.41, 5.74) is 0.621. The Morgan fingerprint density at radius 2 is 1.97 bits per heavy atom. The summed E-state index contributed by atoms with van der Waals surface area (Å²) in [4.78, 5) is 49.4. The molecule has 1 amide bonds. The van der Waals surface area contributed by atoms with Gasteiger partial charge in [0.25, 0.3) is 11.6 Å². The highest BCUT2D eigenvalue weighted by molar-refractivity contribution is 6.31. The van der Waals surface area contributed by atoms with Crippen molar-refractivity contribution in [2.24, 2.45) is 0 Å². The Kier molecular flexibility index (Phi) is 6.94. The molecule has 2 aromatic rings. The largest absolute Gasteiger partial charge is 0.465 e. The van der Waals surface area contributed by atoms with Gasteiger partial charge in [0.2, 0.25) is 0 Å². The maximum atomic E-state index is 12.3. The van der Waals surface area contributed by atoms with E-state index in [1.807, 2.05) is 0 Å². The Hall–Kier alpha value is -3.40. The molecule has 11 heteroatoms. The molecule has 0 spiro atoms. The highest BCUT2D eigenvalue weighted by Gasteiger charge is 2.25. The number of benzene rings is 1. The zero-order valence-corrected chi connectivity index (χ0v) is 16.6. The summed E-state index contributed by atoms with van der Waals surface area (Å²) < 4.78 is 9.68. The topological polar surface area (TPSA) is 141 Å². The minimum absolute atomic E-state index is 0.0209. The molecule has 1 heterocycles. The maximum Gasteiger partial charge on any atom is 0.355 e. The number of methoxy groups -OCH3 is 1. The maximum absolute atomic E-state index is 12.3. The fraction of sp³-hybridized carbons (Fsp3) is 0.278. The third-order valence-corrected chi connectivity index (χ3v) is 4.27. The summed E-state index contributed by atoms with van der Waals surface area (Å²) >= 11 is 5.72. The second kappa shape index (κ2) is 9.20. The molecule has 0 atom stereocenters. The molecule has 10 nitrogen and oxygen atoms in total. The quantitative estimate of drug-likeness (QED) is 0.396. The minimum atomic E-state index is -0.854. The standard InChI is InChI=1S/C18H18ClN3O7/c1-4-11-15(17(24)28-3)9(2)16(21-11)18(25)29-8-14(23)20-12-6-5-10(19)7-13(12)22(26)27/h5-7,21H,4,8H2,1-3H3,(H,20,23). The Morgan fingerprint density at radius 3 is 2.55 bits per heavy atom. The first kappa shape index (κ1) is 21.9. The highest BCUT2D eigenvalue weighted by Crippen LogP contribution is 2.27. The third kappa shape index (κ3) is 4.91. The molecule has 2 rings (SSSR count). The van der Waals surface area contributed by atoms with Crippen LogP contribution in [0.5, 0.6) is 0 Å². The average molecular weight is 424 g/mol. The van der Waals surface area contributed by atoms with Gasteiger partial charge in [0.1, 0.15) is 11.4 Å². The van der Waals surface area contributed by atoms with E-state index in [1.54, 1.807) is 13.8 Å². The molecule has 0 bridgehead atoms. The first-order valence-electron chi connectivity index (χ1n) is 8.40. The number of ether oxygens (including phenoxy) is 2. The Bertz CT molecular complexity index is 984. The van der Waals surface area contributed by atoms with Gasteiger partial charge in [-0.25, -0.2) is 9.59 Å². The van der Waals surface area contributed by atoms with E-state index in [-0.39, 0.29) is 22.0 Å². The van der Waals surface area contributed by atoms with Crippen molar-refractivity contribution in [2.45, 2.75) is 20.3 Å². The monoisotopic (exact) mass is 423 g/mol. The third-order valence-electron chi connectivity index (χ3n) is 4.04. The summed E-state index contributed by atoms with van der Waals surface area (Å²) in [5.74, 6) is -2.23. The van der Waals surface area contributed by atoms with Crippen LogP contribution in [0.25, 0.3) is 0 Å². The number of carbonyl (C=O) groups is 3. The van der Waals surface area contributed by atoms with E-state index < -0.39 is 35.1 Å². The van der Waals surface area contributed by atoms with Gasteiger partial charge >= 0.3 is 11.9 Å². The molecule has 0 unspecified atom stereocenters. The lowest BCUT2D eigenvalue weighted by Crippen LogP contribution is -2.22. The number of aromatic amines is 1. The number of nitro benzene ring substituents is 1. The molecule has 2 N–H and O–H groups in total. The number of esters is 2. The number of nitrogens with one attached hydrogen (secondary N) is 2. The van der Waals surface area contributed by atoms with E-state index in [0.29, 0.717) is 17.7 Å². The summed E-state index contributed by atoms with van der Waals surface area (Å²) in [6, 6.07) is 3.73. The van der Waals surface area contributed by atoms with E-state index in [9.17, 15) is 24.5 Å². The molecule has 0 aliphatic rings. The summed E-state index contributed by atoms with van der Waals surface area (Å²) in [7, 11) is 1.23. The number of hydrogen-bond donors (Lipinski definition) is 2. The first-order chi connectivity index (χ1) is 13.7. The van der Waals surface area contributed by atoms with Crippen molar-refractivity contribution in [3.05, 3.63) is 55.9 Å². The fourth-order valence-corrected chi connectivity index (χ4v) is 2.82. The Morgan fingerprint density at radius 1 is 1.28 bits per heavy atom. The van der Waals surface area contributed by atoms with Gasteiger partial charge in [-0.1, -0.05) is 18.5 Å². The van der Waals surface area contributed by atoms with Crippen LogP contribution < -0.4 is 5.32 Å². The van der Waals surface area contributed by atoms with Gasteiger partial charge in [0, 0.05) is 16.8 Å². The molecule has 0 saturated carbocycles. The van der Waals surface area contributed by atoms with E-state index in [4.69, 9.17) is 21.1 Å². The van der Waals surface area contributed by atoms with Crippen LogP contribution in [0.15, 0.2) is 18.2 Å². The number of amides is 1. The van der Waals surface area contributed by atoms with E-state index >= 15 is 0 Å². The number of hydrogen-bond acceptors (Lipinski definition) is 7. The lowest BCUT2D eigenvalue weighted by atomic mass is 10.1. The van der Waals surface area contributed by atoms with Crippen molar-refractivity contribution >= 4 is 40.8 Å². The van der Waals surface area contributed by atoms with Crippen LogP contribution in [0.4, 0.5) is 11.4 Å². The van der Waals surface area contributed by atoms with Crippen molar-refractivity contribution in [3.8, 4) is 0 Å². The van der Waals surface area contributed by atoms with Gasteiger partial charge in [-0.05, 0) is 31.0 Å². The lowest BCUT2D eigenvalue weighted by Gasteiger charge is -2.07. The number of nitro groups is 1. The number of aryl methyl sites for hydroxylation is 1. The smallest absolute Gasteiger partial charge is 0.355 e. The van der Waals surface area contributed by atoms with Gasteiger partial charge in [-0.3, -0.25) is 14.9 Å². The van der Waals surface area contributed by atoms with Gasteiger partial charge in [0.15, 0.2) is 6.61 Å². The predicted octanol–water partition coefficient (Wildman–Crippen LogP) is 3.03. The SMILES string of the molecule is CCc1[nH]c(C(=O)OCC(=O)Nc2ccc(Cl)cc2[N+](=O)[O-])c(C)c1C(=O)OC. The summed E-state index contributed by atoms with van der Waals surface area (Å²) in [6.07, 6.45) is 0.444. The minimum Gasteiger partial charge on any atom is -0.465 e. The molecule has 154 valence electrons. The van der Waals surface area contributed by atoms with Crippen LogP contribution in [0.1, 0.15) is 39.0 Å². The van der Waals surface area contributed by atoms with Gasteiger partial charge in [-0.15, -0.1) is 0 Å². The molecule has 1 aromatic carbocycles. The van der Waals surface area contributed by atoms with Crippen molar-refractivity contribution < 1.29 is 28.8 Å². The normalized spacial score (nSPS) is 10.3. The van der Waals surface area contributed by atoms with Gasteiger partial charge in [0.05, 0.1) is 17.6 Å². The van der Waals surface area contributed by atoms with E-state index in [0.717, 1.165) is 6.07 Å². The zero-order chi connectivity index (χ0) is 21.7. The number of carbonyl (C=O) groups excluding carboxylic acids is 3. The number of anilines is 1. The Labute approximate surface area is 170 Å². The van der Waals surface area contributed by atoms with Gasteiger partial charge in [-0.2, -0.15) is 0 Å². The number of halogens is 1. The zero-order valence-electron chi connectivity index (χ0n) is 15.8. The van der Waals surface area contributed by atoms with Crippen LogP contribution in [0.2, 0.25) is 5.02 Å². The van der Waals surface area contributed by atoms with Crippen molar-refractivity contribution in [3.63, 3.8) is 0 Å². The highest BCUT2D eigenvalue weighted by atomic mass is 35.5. The van der Waals surface area contributed by atoms with Crippen LogP contribution >= 0.6 is 11.6 Å². The number of nitrogens with zero attached hydrogens (tertiary/aromatic N) is 1. The molecule has 1 aromatic heterocycles. The average Bonchev–Trinajstić information content (AvgIpc) is 3.03. The van der Waals surface area contributed by atoms with Crippen molar-refractivity contribution in [1.29, 1.82) is 0 Å². The fourth-order valence-electron chi connectivity index (χ4n) is 2.66. The molecule has 0 fully saturated rings. The first-order valence-corrected chi connectivity index (χ1v) is 8.78. The van der Waals surface area contributed by atoms with Crippen LogP contribution in [-0.4, -0.2) is 41.5 Å². The lowest BCUT2D eigenvalue weighted by molar-refractivity contribution is -0.383.